The average molecular weight is 395 g/mol. The van der Waals surface area contributed by atoms with Crippen molar-refractivity contribution in [3.05, 3.63) is 72.1 Å². The van der Waals surface area contributed by atoms with Crippen molar-refractivity contribution in [3.8, 4) is 0 Å². The second-order valence-electron chi connectivity index (χ2n) is 6.74. The molecule has 0 atom stereocenters. The first-order valence-electron chi connectivity index (χ1n) is 9.29. The van der Waals surface area contributed by atoms with Crippen LogP contribution in [0.15, 0.2) is 54.9 Å². The van der Waals surface area contributed by atoms with E-state index in [4.69, 9.17) is 0 Å². The normalized spacial score (nSPS) is 13.4. The molecule has 148 valence electrons. The van der Waals surface area contributed by atoms with Gasteiger partial charge in [0.15, 0.2) is 11.6 Å². The molecule has 0 spiro atoms. The fourth-order valence-electron chi connectivity index (χ4n) is 3.15. The van der Waals surface area contributed by atoms with Crippen molar-refractivity contribution in [2.45, 2.75) is 12.8 Å². The van der Waals surface area contributed by atoms with Gasteiger partial charge in [-0.05, 0) is 49.2 Å². The molecule has 6 nitrogen and oxygen atoms in total. The Balaban J connectivity index is 1.38. The summed E-state index contributed by atoms with van der Waals surface area (Å²) in [6, 6.07) is 11.2. The molecule has 1 saturated heterocycles. The van der Waals surface area contributed by atoms with Crippen LogP contribution in [-0.2, 0) is 0 Å². The lowest BCUT2D eigenvalue weighted by atomic mass is 10.2. The Kier molecular flexibility index (Phi) is 5.33. The van der Waals surface area contributed by atoms with Gasteiger partial charge in [-0.2, -0.15) is 0 Å². The van der Waals surface area contributed by atoms with Gasteiger partial charge in [0.25, 0.3) is 5.91 Å². The van der Waals surface area contributed by atoms with Crippen LogP contribution >= 0.6 is 0 Å². The van der Waals surface area contributed by atoms with Crippen molar-refractivity contribution >= 4 is 28.9 Å². The number of rotatable bonds is 5. The van der Waals surface area contributed by atoms with E-state index >= 15 is 0 Å². The Morgan fingerprint density at radius 3 is 2.21 bits per heavy atom. The van der Waals surface area contributed by atoms with Crippen LogP contribution in [0, 0.1) is 11.6 Å². The molecule has 0 saturated carbocycles. The van der Waals surface area contributed by atoms with E-state index in [2.05, 4.69) is 37.6 Å². The highest BCUT2D eigenvalue weighted by molar-refractivity contribution is 6.03. The lowest BCUT2D eigenvalue weighted by Crippen LogP contribution is -2.17. The molecule has 1 aromatic heterocycles. The third kappa shape index (κ3) is 4.48. The number of halogens is 2. The number of carbonyl (C=O) groups excluding carboxylic acids is 1. The van der Waals surface area contributed by atoms with Crippen LogP contribution in [0.1, 0.15) is 23.2 Å². The maximum atomic E-state index is 13.2. The van der Waals surface area contributed by atoms with Crippen LogP contribution in [0.3, 0.4) is 0 Å². The van der Waals surface area contributed by atoms with Crippen molar-refractivity contribution in [1.82, 2.24) is 9.97 Å². The Morgan fingerprint density at radius 1 is 0.897 bits per heavy atom. The minimum Gasteiger partial charge on any atom is -0.372 e. The molecule has 0 radical (unpaired) electrons. The minimum absolute atomic E-state index is 0.147. The molecular formula is C21H19F2N5O. The van der Waals surface area contributed by atoms with Crippen molar-refractivity contribution in [3.63, 3.8) is 0 Å². The van der Waals surface area contributed by atoms with E-state index in [1.807, 2.05) is 12.1 Å². The summed E-state index contributed by atoms with van der Waals surface area (Å²) in [7, 11) is 0. The number of hydrogen-bond acceptors (Lipinski definition) is 5. The summed E-state index contributed by atoms with van der Waals surface area (Å²) in [5.41, 5.74) is 2.38. The van der Waals surface area contributed by atoms with Gasteiger partial charge < -0.3 is 15.5 Å². The second kappa shape index (κ2) is 8.22. The largest absolute Gasteiger partial charge is 0.372 e. The van der Waals surface area contributed by atoms with Gasteiger partial charge in [0, 0.05) is 48.6 Å². The van der Waals surface area contributed by atoms with E-state index in [-0.39, 0.29) is 11.3 Å². The minimum atomic E-state index is -1.03. The first-order chi connectivity index (χ1) is 14.1. The lowest BCUT2D eigenvalue weighted by Gasteiger charge is -2.17. The molecule has 0 aliphatic carbocycles. The molecular weight excluding hydrogens is 376 g/mol. The molecule has 29 heavy (non-hydrogen) atoms. The van der Waals surface area contributed by atoms with Crippen molar-refractivity contribution < 1.29 is 13.6 Å². The molecule has 2 aromatic carbocycles. The van der Waals surface area contributed by atoms with Gasteiger partial charge >= 0.3 is 0 Å². The van der Waals surface area contributed by atoms with Crippen molar-refractivity contribution in [2.24, 2.45) is 0 Å². The topological polar surface area (TPSA) is 70.2 Å². The first kappa shape index (κ1) is 18.8. The molecule has 2 N–H and O–H groups in total. The van der Waals surface area contributed by atoms with Gasteiger partial charge in [-0.25, -0.2) is 18.7 Å². The first-order valence-corrected chi connectivity index (χ1v) is 9.29. The summed E-state index contributed by atoms with van der Waals surface area (Å²) in [5, 5.41) is 5.57. The van der Waals surface area contributed by atoms with Gasteiger partial charge in [-0.3, -0.25) is 4.79 Å². The molecule has 1 aliphatic heterocycles. The van der Waals surface area contributed by atoms with E-state index < -0.39 is 17.5 Å². The van der Waals surface area contributed by atoms with E-state index in [0.717, 1.165) is 30.9 Å². The van der Waals surface area contributed by atoms with Gasteiger partial charge in [-0.15, -0.1) is 0 Å². The molecule has 0 bridgehead atoms. The zero-order valence-electron chi connectivity index (χ0n) is 15.5. The number of nitrogens with zero attached hydrogens (tertiary/aromatic N) is 3. The molecule has 1 fully saturated rings. The lowest BCUT2D eigenvalue weighted by molar-refractivity contribution is 0.102. The highest BCUT2D eigenvalue weighted by Crippen LogP contribution is 2.23. The number of anilines is 4. The van der Waals surface area contributed by atoms with Gasteiger partial charge in [0.05, 0.1) is 5.56 Å². The Morgan fingerprint density at radius 2 is 1.55 bits per heavy atom. The number of amides is 1. The van der Waals surface area contributed by atoms with Gasteiger partial charge in [-0.1, -0.05) is 0 Å². The zero-order chi connectivity index (χ0) is 20.2. The van der Waals surface area contributed by atoms with Crippen LogP contribution in [-0.4, -0.2) is 29.0 Å². The SMILES string of the molecule is O=C(Nc1ccc(F)c(F)c1)c1cnc(Nc2ccc(N3CCCC3)cc2)nc1. The van der Waals surface area contributed by atoms with E-state index in [1.165, 1.54) is 37.0 Å². The van der Waals surface area contributed by atoms with E-state index in [1.54, 1.807) is 0 Å². The van der Waals surface area contributed by atoms with Crippen molar-refractivity contribution in [2.75, 3.05) is 28.6 Å². The standard InChI is InChI=1S/C21H19F2N5O/c22-18-8-5-16(11-19(18)23)26-20(29)14-12-24-21(25-13-14)27-15-3-6-17(7-4-15)28-9-1-2-10-28/h3-8,11-13H,1-2,9-10H2,(H,26,29)(H,24,25,27). The summed E-state index contributed by atoms with van der Waals surface area (Å²) in [5.74, 6) is -2.18. The number of aromatic nitrogens is 2. The van der Waals surface area contributed by atoms with Crippen LogP contribution < -0.4 is 15.5 Å². The van der Waals surface area contributed by atoms with Crippen LogP contribution in [0.25, 0.3) is 0 Å². The number of nitrogens with one attached hydrogen (secondary N) is 2. The fraction of sp³-hybridized carbons (Fsp3) is 0.190. The van der Waals surface area contributed by atoms with Crippen LogP contribution in [0.4, 0.5) is 31.8 Å². The summed E-state index contributed by atoms with van der Waals surface area (Å²) >= 11 is 0. The predicted octanol–water partition coefficient (Wildman–Crippen LogP) is 4.35. The maximum absolute atomic E-state index is 13.2. The summed E-state index contributed by atoms with van der Waals surface area (Å²) < 4.78 is 26.2. The Labute approximate surface area is 166 Å². The quantitative estimate of drug-likeness (QED) is 0.672. The van der Waals surface area contributed by atoms with E-state index in [9.17, 15) is 13.6 Å². The fourth-order valence-corrected chi connectivity index (χ4v) is 3.15. The summed E-state index contributed by atoms with van der Waals surface area (Å²) in [6.45, 7) is 2.17. The van der Waals surface area contributed by atoms with Crippen LogP contribution in [0.2, 0.25) is 0 Å². The monoisotopic (exact) mass is 395 g/mol. The summed E-state index contributed by atoms with van der Waals surface area (Å²) in [6.07, 6.45) is 5.18. The molecule has 8 heteroatoms. The molecule has 3 aromatic rings. The number of benzene rings is 2. The maximum Gasteiger partial charge on any atom is 0.258 e. The Bertz CT molecular complexity index is 1000. The molecule has 1 aliphatic rings. The van der Waals surface area contributed by atoms with Gasteiger partial charge in [0.2, 0.25) is 5.95 Å². The van der Waals surface area contributed by atoms with E-state index in [0.29, 0.717) is 5.95 Å². The average Bonchev–Trinajstić information content (AvgIpc) is 3.27. The van der Waals surface area contributed by atoms with Gasteiger partial charge in [0.1, 0.15) is 0 Å². The highest BCUT2D eigenvalue weighted by Gasteiger charge is 2.12. The van der Waals surface area contributed by atoms with Crippen LogP contribution in [0.5, 0.6) is 0 Å². The predicted molar refractivity (Wildman–Crippen MR) is 108 cm³/mol. The second-order valence-corrected chi connectivity index (χ2v) is 6.74. The highest BCUT2D eigenvalue weighted by atomic mass is 19.2. The molecule has 1 amide bonds. The molecule has 0 unspecified atom stereocenters. The number of carbonyl (C=O) groups is 1. The van der Waals surface area contributed by atoms with Crippen molar-refractivity contribution in [1.29, 1.82) is 0 Å². The molecule has 2 heterocycles. The number of hydrogen-bond donors (Lipinski definition) is 2. The molecule has 4 rings (SSSR count). The third-order valence-corrected chi connectivity index (χ3v) is 4.69. The third-order valence-electron chi connectivity index (χ3n) is 4.69. The summed E-state index contributed by atoms with van der Waals surface area (Å²) in [4.78, 5) is 22.8. The smallest absolute Gasteiger partial charge is 0.258 e. The Hall–Kier alpha value is -3.55. The zero-order valence-corrected chi connectivity index (χ0v) is 15.5.